The first kappa shape index (κ1) is 17.4. The van der Waals surface area contributed by atoms with Crippen molar-refractivity contribution in [2.24, 2.45) is 12.2 Å². The molecule has 10 heteroatoms. The highest BCUT2D eigenvalue weighted by atomic mass is 32.2. The number of rotatable bonds is 4. The number of aromatic nitrogens is 2. The van der Waals surface area contributed by atoms with Crippen molar-refractivity contribution in [1.29, 1.82) is 0 Å². The van der Waals surface area contributed by atoms with Crippen molar-refractivity contribution in [1.82, 2.24) is 9.78 Å². The zero-order valence-electron chi connectivity index (χ0n) is 13.5. The molecule has 0 saturated carbocycles. The van der Waals surface area contributed by atoms with E-state index in [2.05, 4.69) is 10.3 Å². The van der Waals surface area contributed by atoms with Crippen molar-refractivity contribution >= 4 is 16.8 Å². The molecule has 3 heterocycles. The second kappa shape index (κ2) is 6.14. The minimum Gasteiger partial charge on any atom is -0.469 e. The summed E-state index contributed by atoms with van der Waals surface area (Å²) in [6.07, 6.45) is -4.22. The fraction of sp³-hybridized carbons (Fsp3) is 0.714. The van der Waals surface area contributed by atoms with Crippen LogP contribution in [0.15, 0.2) is 5.16 Å². The quantitative estimate of drug-likeness (QED) is 0.821. The van der Waals surface area contributed by atoms with Crippen LogP contribution in [-0.2, 0) is 28.6 Å². The van der Waals surface area contributed by atoms with Crippen LogP contribution in [0.25, 0.3) is 0 Å². The van der Waals surface area contributed by atoms with E-state index < -0.39 is 17.5 Å². The summed E-state index contributed by atoms with van der Waals surface area (Å²) < 4.78 is 51.6. The third kappa shape index (κ3) is 3.64. The van der Waals surface area contributed by atoms with E-state index in [1.54, 1.807) is 0 Å². The van der Waals surface area contributed by atoms with Crippen molar-refractivity contribution in [3.63, 3.8) is 0 Å². The van der Waals surface area contributed by atoms with Crippen LogP contribution in [0.2, 0.25) is 0 Å². The molecule has 0 N–H and O–H groups in total. The molecule has 134 valence electrons. The molecule has 0 spiro atoms. The zero-order chi connectivity index (χ0) is 17.5. The molecule has 0 atom stereocenters. The molecule has 1 fully saturated rings. The highest BCUT2D eigenvalue weighted by Gasteiger charge is 2.40. The Kier molecular flexibility index (Phi) is 4.45. The number of nitrogens with zero attached hydrogens (tertiary/aromatic N) is 3. The van der Waals surface area contributed by atoms with Gasteiger partial charge in [-0.3, -0.25) is 0 Å². The van der Waals surface area contributed by atoms with Gasteiger partial charge in [0.25, 0.3) is 0 Å². The van der Waals surface area contributed by atoms with E-state index in [-0.39, 0.29) is 23.3 Å². The second-order valence-corrected chi connectivity index (χ2v) is 7.38. The molecule has 0 unspecified atom stereocenters. The summed E-state index contributed by atoms with van der Waals surface area (Å²) in [6, 6.07) is 0. The van der Waals surface area contributed by atoms with Gasteiger partial charge in [-0.2, -0.15) is 18.3 Å². The highest BCUT2D eigenvalue weighted by Crippen LogP contribution is 2.39. The lowest BCUT2D eigenvalue weighted by Gasteiger charge is -2.27. The maximum atomic E-state index is 13.3. The third-order valence-corrected chi connectivity index (χ3v) is 4.58. The molecule has 6 nitrogen and oxygen atoms in total. The number of hydrogen-bond donors (Lipinski definition) is 0. The van der Waals surface area contributed by atoms with E-state index in [1.165, 1.54) is 18.8 Å². The topological polar surface area (TPSA) is 57.9 Å². The lowest BCUT2D eigenvalue weighted by atomic mass is 10.1. The van der Waals surface area contributed by atoms with Crippen molar-refractivity contribution in [3.05, 3.63) is 11.3 Å². The molecule has 2 aliphatic heterocycles. The Bertz CT molecular complexity index is 654. The normalized spacial score (nSPS) is 20.5. The predicted molar refractivity (Wildman–Crippen MR) is 82.0 cm³/mol. The molecule has 3 rings (SSSR count). The molecule has 1 aromatic heterocycles. The number of halogens is 3. The van der Waals surface area contributed by atoms with E-state index in [0.717, 1.165) is 4.68 Å². The van der Waals surface area contributed by atoms with Crippen molar-refractivity contribution in [3.8, 4) is 5.88 Å². The first-order chi connectivity index (χ1) is 11.2. The Morgan fingerprint density at radius 2 is 2.08 bits per heavy atom. The van der Waals surface area contributed by atoms with Crippen LogP contribution < -0.4 is 4.74 Å². The number of ether oxygens (including phenoxy) is 2. The van der Waals surface area contributed by atoms with Crippen molar-refractivity contribution in [2.75, 3.05) is 13.2 Å². The summed E-state index contributed by atoms with van der Waals surface area (Å²) in [7, 11) is 1.44. The molecule has 0 radical (unpaired) electrons. The standard InChI is InChI=1S/C14H18F3N3O3S/c1-13(2)4-10(19-23-13)24-7-9-11(14(15,16)17)18-20(3)12(9)22-8-5-21-6-8/h8H,4-7H2,1-3H3. The highest BCUT2D eigenvalue weighted by molar-refractivity contribution is 8.13. The summed E-state index contributed by atoms with van der Waals surface area (Å²) in [5.74, 6) is 0.186. The lowest BCUT2D eigenvalue weighted by Crippen LogP contribution is -2.39. The van der Waals surface area contributed by atoms with E-state index in [9.17, 15) is 13.2 Å². The van der Waals surface area contributed by atoms with Gasteiger partial charge in [0.1, 0.15) is 16.7 Å². The number of hydrogen-bond acceptors (Lipinski definition) is 6. The van der Waals surface area contributed by atoms with Gasteiger partial charge in [-0.25, -0.2) is 4.68 Å². The number of oxime groups is 1. The van der Waals surface area contributed by atoms with Crippen LogP contribution in [0.3, 0.4) is 0 Å². The summed E-state index contributed by atoms with van der Waals surface area (Å²) in [5, 5.41) is 8.20. The minimum atomic E-state index is -4.54. The Morgan fingerprint density at radius 1 is 1.38 bits per heavy atom. The fourth-order valence-electron chi connectivity index (χ4n) is 2.33. The van der Waals surface area contributed by atoms with Gasteiger partial charge < -0.3 is 14.3 Å². The van der Waals surface area contributed by atoms with Gasteiger partial charge in [0.2, 0.25) is 5.88 Å². The first-order valence-electron chi connectivity index (χ1n) is 7.41. The molecule has 1 aromatic rings. The Hall–Kier alpha value is -1.42. The minimum absolute atomic E-state index is 0.0225. The molecular formula is C14H18F3N3O3S. The Balaban J connectivity index is 1.80. The van der Waals surface area contributed by atoms with Gasteiger partial charge in [-0.15, -0.1) is 11.8 Å². The third-order valence-electron chi connectivity index (χ3n) is 3.60. The SMILES string of the molecule is Cn1nc(C(F)(F)F)c(CSC2=NOC(C)(C)C2)c1OC1COC1. The molecule has 24 heavy (non-hydrogen) atoms. The van der Waals surface area contributed by atoms with E-state index in [4.69, 9.17) is 14.3 Å². The van der Waals surface area contributed by atoms with Crippen LogP contribution in [-0.4, -0.2) is 39.7 Å². The second-order valence-electron chi connectivity index (χ2n) is 6.33. The average molecular weight is 365 g/mol. The first-order valence-corrected chi connectivity index (χ1v) is 8.39. The van der Waals surface area contributed by atoms with Gasteiger partial charge >= 0.3 is 6.18 Å². The van der Waals surface area contributed by atoms with Crippen LogP contribution in [0.1, 0.15) is 31.5 Å². The molecule has 1 saturated heterocycles. The van der Waals surface area contributed by atoms with Gasteiger partial charge in [0, 0.05) is 19.2 Å². The fourth-order valence-corrected chi connectivity index (χ4v) is 3.44. The van der Waals surface area contributed by atoms with Crippen molar-refractivity contribution in [2.45, 2.75) is 43.9 Å². The summed E-state index contributed by atoms with van der Waals surface area (Å²) in [6.45, 7) is 4.49. The summed E-state index contributed by atoms with van der Waals surface area (Å²) >= 11 is 1.21. The number of aryl methyl sites for hydroxylation is 1. The van der Waals surface area contributed by atoms with Crippen LogP contribution >= 0.6 is 11.8 Å². The van der Waals surface area contributed by atoms with Gasteiger partial charge in [0.15, 0.2) is 5.69 Å². The van der Waals surface area contributed by atoms with Gasteiger partial charge in [-0.05, 0) is 13.8 Å². The zero-order valence-corrected chi connectivity index (χ0v) is 14.3. The molecule has 2 aliphatic rings. The largest absolute Gasteiger partial charge is 0.469 e. The molecule has 0 aliphatic carbocycles. The summed E-state index contributed by atoms with van der Waals surface area (Å²) in [5.41, 5.74) is -1.33. The smallest absolute Gasteiger partial charge is 0.435 e. The van der Waals surface area contributed by atoms with Crippen LogP contribution in [0, 0.1) is 0 Å². The van der Waals surface area contributed by atoms with Crippen LogP contribution in [0.4, 0.5) is 13.2 Å². The summed E-state index contributed by atoms with van der Waals surface area (Å²) in [4.78, 5) is 5.24. The van der Waals surface area contributed by atoms with E-state index in [1.807, 2.05) is 13.8 Å². The van der Waals surface area contributed by atoms with E-state index >= 15 is 0 Å². The molecule has 0 aromatic carbocycles. The molecule has 0 bridgehead atoms. The Labute approximate surface area is 141 Å². The maximum absolute atomic E-state index is 13.3. The average Bonchev–Trinajstić information content (AvgIpc) is 2.91. The van der Waals surface area contributed by atoms with E-state index in [0.29, 0.717) is 24.7 Å². The molecular weight excluding hydrogens is 347 g/mol. The van der Waals surface area contributed by atoms with Crippen molar-refractivity contribution < 1.29 is 27.5 Å². The lowest BCUT2D eigenvalue weighted by molar-refractivity contribution is -0.142. The van der Waals surface area contributed by atoms with Gasteiger partial charge in [-0.1, -0.05) is 5.16 Å². The number of thioether (sulfide) groups is 1. The molecule has 0 amide bonds. The Morgan fingerprint density at radius 3 is 2.58 bits per heavy atom. The van der Waals surface area contributed by atoms with Gasteiger partial charge in [0.05, 0.1) is 18.8 Å². The number of alkyl halides is 3. The monoisotopic (exact) mass is 365 g/mol. The maximum Gasteiger partial charge on any atom is 0.435 e. The van der Waals surface area contributed by atoms with Crippen LogP contribution in [0.5, 0.6) is 5.88 Å². The predicted octanol–water partition coefficient (Wildman–Crippen LogP) is 2.96.